The summed E-state index contributed by atoms with van der Waals surface area (Å²) in [7, 11) is 0. The molecule has 0 saturated heterocycles. The Bertz CT molecular complexity index is 388. The molecule has 0 radical (unpaired) electrons. The number of fused-ring (bicyclic) bond motifs is 1. The predicted molar refractivity (Wildman–Crippen MR) is 78.1 cm³/mol. The Morgan fingerprint density at radius 2 is 2.39 bits per heavy atom. The third kappa shape index (κ3) is 2.63. The first-order valence-electron chi connectivity index (χ1n) is 7.38. The van der Waals surface area contributed by atoms with Crippen LogP contribution in [0.5, 0.6) is 0 Å². The number of rotatable bonds is 4. The Balaban J connectivity index is 1.57. The summed E-state index contributed by atoms with van der Waals surface area (Å²) in [6.07, 6.45) is 5.49. The molecule has 3 heteroatoms. The number of hydrogen-bond donors (Lipinski definition) is 1. The molecule has 1 aliphatic heterocycles. The SMILES string of the molecule is CCNC1CCCC1CN1CCc2sccc2C1. The molecule has 1 N–H and O–H groups in total. The minimum absolute atomic E-state index is 0.777. The lowest BCUT2D eigenvalue weighted by Crippen LogP contribution is -2.40. The summed E-state index contributed by atoms with van der Waals surface area (Å²) in [5.74, 6) is 0.880. The molecule has 1 fully saturated rings. The fraction of sp³-hybridized carbons (Fsp3) is 0.733. The monoisotopic (exact) mass is 264 g/mol. The molecule has 0 spiro atoms. The molecule has 0 aromatic carbocycles. The zero-order chi connectivity index (χ0) is 12.4. The van der Waals surface area contributed by atoms with Crippen LogP contribution in [0.1, 0.15) is 36.6 Å². The summed E-state index contributed by atoms with van der Waals surface area (Å²) in [6.45, 7) is 7.10. The summed E-state index contributed by atoms with van der Waals surface area (Å²) in [6, 6.07) is 3.10. The van der Waals surface area contributed by atoms with E-state index in [1.165, 1.54) is 45.3 Å². The Morgan fingerprint density at radius 1 is 1.44 bits per heavy atom. The lowest BCUT2D eigenvalue weighted by molar-refractivity contribution is 0.200. The number of thiophene rings is 1. The Morgan fingerprint density at radius 3 is 3.28 bits per heavy atom. The predicted octanol–water partition coefficient (Wildman–Crippen LogP) is 2.88. The molecular weight excluding hydrogens is 240 g/mol. The molecule has 0 bridgehead atoms. The Kier molecular flexibility index (Phi) is 4.02. The van der Waals surface area contributed by atoms with Crippen molar-refractivity contribution in [2.24, 2.45) is 5.92 Å². The Hall–Kier alpha value is -0.380. The van der Waals surface area contributed by atoms with Crippen LogP contribution in [0.4, 0.5) is 0 Å². The quantitative estimate of drug-likeness (QED) is 0.899. The van der Waals surface area contributed by atoms with Crippen molar-refractivity contribution >= 4 is 11.3 Å². The highest BCUT2D eigenvalue weighted by atomic mass is 32.1. The zero-order valence-electron chi connectivity index (χ0n) is 11.3. The molecule has 1 aliphatic carbocycles. The molecule has 2 unspecified atom stereocenters. The summed E-state index contributed by atoms with van der Waals surface area (Å²) < 4.78 is 0. The first kappa shape index (κ1) is 12.6. The highest BCUT2D eigenvalue weighted by molar-refractivity contribution is 7.10. The molecule has 2 nitrogen and oxygen atoms in total. The van der Waals surface area contributed by atoms with Gasteiger partial charge in [0, 0.05) is 30.6 Å². The summed E-state index contributed by atoms with van der Waals surface area (Å²) in [5.41, 5.74) is 1.59. The molecule has 0 amide bonds. The van der Waals surface area contributed by atoms with Gasteiger partial charge in [-0.1, -0.05) is 13.3 Å². The van der Waals surface area contributed by atoms with Crippen LogP contribution in [-0.2, 0) is 13.0 Å². The minimum Gasteiger partial charge on any atom is -0.314 e. The van der Waals surface area contributed by atoms with Gasteiger partial charge in [-0.05, 0) is 48.7 Å². The second kappa shape index (κ2) is 5.72. The van der Waals surface area contributed by atoms with Crippen molar-refractivity contribution < 1.29 is 0 Å². The van der Waals surface area contributed by atoms with Gasteiger partial charge >= 0.3 is 0 Å². The van der Waals surface area contributed by atoms with Gasteiger partial charge in [-0.15, -0.1) is 11.3 Å². The van der Waals surface area contributed by atoms with Crippen molar-refractivity contribution in [1.29, 1.82) is 0 Å². The molecule has 2 heterocycles. The van der Waals surface area contributed by atoms with E-state index >= 15 is 0 Å². The topological polar surface area (TPSA) is 15.3 Å². The largest absolute Gasteiger partial charge is 0.314 e. The van der Waals surface area contributed by atoms with Crippen LogP contribution in [-0.4, -0.2) is 30.6 Å². The van der Waals surface area contributed by atoms with Crippen molar-refractivity contribution in [3.8, 4) is 0 Å². The molecule has 2 atom stereocenters. The standard InChI is InChI=1S/C15H24N2S/c1-2-16-14-5-3-4-12(14)10-17-8-6-15-13(11-17)7-9-18-15/h7,9,12,14,16H,2-6,8,10-11H2,1H3. The third-order valence-electron chi connectivity index (χ3n) is 4.50. The second-order valence-electron chi connectivity index (χ2n) is 5.71. The molecule has 1 saturated carbocycles. The lowest BCUT2D eigenvalue weighted by Gasteiger charge is -2.31. The van der Waals surface area contributed by atoms with Crippen LogP contribution in [0.25, 0.3) is 0 Å². The van der Waals surface area contributed by atoms with Gasteiger partial charge in [-0.3, -0.25) is 4.90 Å². The molecule has 1 aromatic heterocycles. The summed E-state index contributed by atoms with van der Waals surface area (Å²) >= 11 is 1.94. The molecule has 100 valence electrons. The highest BCUT2D eigenvalue weighted by Crippen LogP contribution is 2.29. The van der Waals surface area contributed by atoms with Gasteiger partial charge in [-0.2, -0.15) is 0 Å². The normalized spacial score (nSPS) is 28.5. The van der Waals surface area contributed by atoms with E-state index in [1.54, 1.807) is 10.4 Å². The van der Waals surface area contributed by atoms with Gasteiger partial charge in [0.25, 0.3) is 0 Å². The van der Waals surface area contributed by atoms with Crippen molar-refractivity contribution in [2.75, 3.05) is 19.6 Å². The number of nitrogens with one attached hydrogen (secondary N) is 1. The van der Waals surface area contributed by atoms with Crippen molar-refractivity contribution in [2.45, 2.75) is 45.2 Å². The van der Waals surface area contributed by atoms with Gasteiger partial charge < -0.3 is 5.32 Å². The van der Waals surface area contributed by atoms with E-state index in [9.17, 15) is 0 Å². The van der Waals surface area contributed by atoms with E-state index in [1.807, 2.05) is 11.3 Å². The van der Waals surface area contributed by atoms with Gasteiger partial charge in [0.1, 0.15) is 0 Å². The van der Waals surface area contributed by atoms with Gasteiger partial charge in [0.2, 0.25) is 0 Å². The third-order valence-corrected chi connectivity index (χ3v) is 5.53. The average Bonchev–Trinajstić information content (AvgIpc) is 2.99. The average molecular weight is 264 g/mol. The lowest BCUT2D eigenvalue weighted by atomic mass is 10.0. The maximum atomic E-state index is 3.67. The van der Waals surface area contributed by atoms with Crippen LogP contribution in [0.3, 0.4) is 0 Å². The maximum absolute atomic E-state index is 3.67. The fourth-order valence-electron chi connectivity index (χ4n) is 3.58. The highest BCUT2D eigenvalue weighted by Gasteiger charge is 2.29. The fourth-order valence-corrected chi connectivity index (χ4v) is 4.47. The van der Waals surface area contributed by atoms with E-state index in [4.69, 9.17) is 0 Å². The molecular formula is C15H24N2S. The summed E-state index contributed by atoms with van der Waals surface area (Å²) in [4.78, 5) is 4.30. The smallest absolute Gasteiger partial charge is 0.0245 e. The van der Waals surface area contributed by atoms with Crippen LogP contribution in [0, 0.1) is 5.92 Å². The van der Waals surface area contributed by atoms with E-state index < -0.39 is 0 Å². The molecule has 2 aliphatic rings. The maximum Gasteiger partial charge on any atom is 0.0245 e. The van der Waals surface area contributed by atoms with Gasteiger partial charge in [0.05, 0.1) is 0 Å². The van der Waals surface area contributed by atoms with Gasteiger partial charge in [0.15, 0.2) is 0 Å². The van der Waals surface area contributed by atoms with E-state index in [2.05, 4.69) is 28.6 Å². The van der Waals surface area contributed by atoms with Crippen molar-refractivity contribution in [1.82, 2.24) is 10.2 Å². The van der Waals surface area contributed by atoms with Gasteiger partial charge in [-0.25, -0.2) is 0 Å². The Labute approximate surface area is 114 Å². The van der Waals surface area contributed by atoms with E-state index in [0.717, 1.165) is 18.5 Å². The first-order valence-corrected chi connectivity index (χ1v) is 8.25. The van der Waals surface area contributed by atoms with Crippen LogP contribution in [0.15, 0.2) is 11.4 Å². The zero-order valence-corrected chi connectivity index (χ0v) is 12.1. The van der Waals surface area contributed by atoms with Crippen molar-refractivity contribution in [3.63, 3.8) is 0 Å². The minimum atomic E-state index is 0.777. The van der Waals surface area contributed by atoms with Crippen LogP contribution < -0.4 is 5.32 Å². The molecule has 1 aromatic rings. The van der Waals surface area contributed by atoms with Crippen LogP contribution in [0.2, 0.25) is 0 Å². The van der Waals surface area contributed by atoms with Crippen molar-refractivity contribution in [3.05, 3.63) is 21.9 Å². The molecule has 3 rings (SSSR count). The first-order chi connectivity index (χ1) is 8.86. The summed E-state index contributed by atoms with van der Waals surface area (Å²) in [5, 5.41) is 5.93. The number of hydrogen-bond acceptors (Lipinski definition) is 3. The van der Waals surface area contributed by atoms with Crippen LogP contribution >= 0.6 is 11.3 Å². The number of nitrogens with zero attached hydrogens (tertiary/aromatic N) is 1. The van der Waals surface area contributed by atoms with E-state index in [0.29, 0.717) is 0 Å². The van der Waals surface area contributed by atoms with E-state index in [-0.39, 0.29) is 0 Å². The molecule has 18 heavy (non-hydrogen) atoms. The second-order valence-corrected chi connectivity index (χ2v) is 6.71.